The van der Waals surface area contributed by atoms with Crippen LogP contribution in [0, 0.1) is 12.8 Å². The lowest BCUT2D eigenvalue weighted by Gasteiger charge is -2.30. The number of nitrogens with one attached hydrogen (secondary N) is 1. The van der Waals surface area contributed by atoms with Crippen LogP contribution in [0.3, 0.4) is 0 Å². The average Bonchev–Trinajstić information content (AvgIpc) is 3.14. The summed E-state index contributed by atoms with van der Waals surface area (Å²) in [6, 6.07) is 7.65. The predicted molar refractivity (Wildman–Crippen MR) is 93.2 cm³/mol. The van der Waals surface area contributed by atoms with Crippen LogP contribution < -0.4 is 10.2 Å². The molecular weight excluding hydrogens is 320 g/mol. The van der Waals surface area contributed by atoms with E-state index in [1.807, 2.05) is 31.2 Å². The lowest BCUT2D eigenvalue weighted by molar-refractivity contribution is -0.139. The summed E-state index contributed by atoms with van der Waals surface area (Å²) in [5.74, 6) is -1.60. The van der Waals surface area contributed by atoms with Crippen molar-refractivity contribution in [1.29, 1.82) is 0 Å². The van der Waals surface area contributed by atoms with E-state index in [9.17, 15) is 14.4 Å². The fraction of sp³-hybridized carbons (Fsp3) is 0.526. The third-order valence-corrected chi connectivity index (χ3v) is 5.28. The van der Waals surface area contributed by atoms with Gasteiger partial charge < -0.3 is 15.3 Å². The molecule has 2 amide bonds. The Morgan fingerprint density at radius 1 is 1.24 bits per heavy atom. The summed E-state index contributed by atoms with van der Waals surface area (Å²) in [7, 11) is 0. The van der Waals surface area contributed by atoms with Crippen LogP contribution in [0.5, 0.6) is 0 Å². The highest BCUT2D eigenvalue weighted by molar-refractivity contribution is 6.00. The molecule has 0 radical (unpaired) electrons. The van der Waals surface area contributed by atoms with Crippen molar-refractivity contribution in [3.05, 3.63) is 29.8 Å². The van der Waals surface area contributed by atoms with Crippen molar-refractivity contribution in [3.63, 3.8) is 0 Å². The minimum atomic E-state index is -0.897. The van der Waals surface area contributed by atoms with Crippen molar-refractivity contribution in [1.82, 2.24) is 5.32 Å². The Labute approximate surface area is 147 Å². The molecule has 1 saturated carbocycles. The number of carbonyl (C=O) groups is 3. The minimum Gasteiger partial charge on any atom is -0.481 e. The summed E-state index contributed by atoms with van der Waals surface area (Å²) >= 11 is 0. The SMILES string of the molecule is Cc1ccc(N2CC(C(=O)NC3(CC(=O)O)CCCC3)CC2=O)cc1. The molecule has 1 heterocycles. The van der Waals surface area contributed by atoms with Gasteiger partial charge in [-0.3, -0.25) is 14.4 Å². The first-order chi connectivity index (χ1) is 11.9. The van der Waals surface area contributed by atoms with E-state index in [4.69, 9.17) is 5.11 Å². The molecule has 0 aromatic heterocycles. The lowest BCUT2D eigenvalue weighted by Crippen LogP contribution is -2.50. The van der Waals surface area contributed by atoms with Crippen LogP contribution >= 0.6 is 0 Å². The number of carbonyl (C=O) groups excluding carboxylic acids is 2. The molecule has 1 aliphatic heterocycles. The Kier molecular flexibility index (Phi) is 4.79. The van der Waals surface area contributed by atoms with E-state index in [-0.39, 0.29) is 24.7 Å². The van der Waals surface area contributed by atoms with Crippen molar-refractivity contribution < 1.29 is 19.5 Å². The molecule has 6 nitrogen and oxygen atoms in total. The maximum atomic E-state index is 12.7. The highest BCUT2D eigenvalue weighted by atomic mass is 16.4. The zero-order chi connectivity index (χ0) is 18.0. The average molecular weight is 344 g/mol. The Morgan fingerprint density at radius 3 is 2.48 bits per heavy atom. The summed E-state index contributed by atoms with van der Waals surface area (Å²) < 4.78 is 0. The van der Waals surface area contributed by atoms with E-state index in [1.165, 1.54) is 0 Å². The van der Waals surface area contributed by atoms with E-state index in [1.54, 1.807) is 4.90 Å². The number of hydrogen-bond donors (Lipinski definition) is 2. The summed E-state index contributed by atoms with van der Waals surface area (Å²) in [4.78, 5) is 37.8. The van der Waals surface area contributed by atoms with Crippen LogP contribution in [0.2, 0.25) is 0 Å². The normalized spacial score (nSPS) is 22.2. The first-order valence-corrected chi connectivity index (χ1v) is 8.79. The van der Waals surface area contributed by atoms with Crippen molar-refractivity contribution in [2.24, 2.45) is 5.92 Å². The van der Waals surface area contributed by atoms with Gasteiger partial charge in [0, 0.05) is 18.7 Å². The standard InChI is InChI=1S/C19H24N2O4/c1-13-4-6-15(7-5-13)21-12-14(10-16(21)22)18(25)20-19(11-17(23)24)8-2-3-9-19/h4-7,14H,2-3,8-12H2,1H3,(H,20,25)(H,23,24). The highest BCUT2D eigenvalue weighted by Crippen LogP contribution is 2.34. The third kappa shape index (κ3) is 3.83. The Bertz CT molecular complexity index is 677. The summed E-state index contributed by atoms with van der Waals surface area (Å²) in [5, 5.41) is 12.1. The van der Waals surface area contributed by atoms with Gasteiger partial charge in [0.15, 0.2) is 0 Å². The van der Waals surface area contributed by atoms with Crippen molar-refractivity contribution in [2.45, 2.75) is 51.0 Å². The quantitative estimate of drug-likeness (QED) is 0.858. The fourth-order valence-electron chi connectivity index (χ4n) is 3.91. The van der Waals surface area contributed by atoms with E-state index in [0.717, 1.165) is 24.1 Å². The number of amides is 2. The van der Waals surface area contributed by atoms with Gasteiger partial charge in [0.25, 0.3) is 0 Å². The van der Waals surface area contributed by atoms with E-state index in [0.29, 0.717) is 19.4 Å². The van der Waals surface area contributed by atoms with Crippen molar-refractivity contribution in [2.75, 3.05) is 11.4 Å². The molecule has 2 N–H and O–H groups in total. The Morgan fingerprint density at radius 2 is 1.88 bits per heavy atom. The molecule has 2 aliphatic rings. The molecule has 1 unspecified atom stereocenters. The van der Waals surface area contributed by atoms with E-state index < -0.39 is 17.4 Å². The maximum Gasteiger partial charge on any atom is 0.305 e. The summed E-state index contributed by atoms with van der Waals surface area (Å²) in [6.07, 6.45) is 3.34. The van der Waals surface area contributed by atoms with Crippen molar-refractivity contribution in [3.8, 4) is 0 Å². The minimum absolute atomic E-state index is 0.0545. The monoisotopic (exact) mass is 344 g/mol. The number of hydrogen-bond acceptors (Lipinski definition) is 3. The fourth-order valence-corrected chi connectivity index (χ4v) is 3.91. The molecular formula is C19H24N2O4. The van der Waals surface area contributed by atoms with Crippen LogP contribution in [-0.2, 0) is 14.4 Å². The van der Waals surface area contributed by atoms with Crippen LogP contribution in [0.15, 0.2) is 24.3 Å². The molecule has 25 heavy (non-hydrogen) atoms. The van der Waals surface area contributed by atoms with Gasteiger partial charge in [0.2, 0.25) is 11.8 Å². The van der Waals surface area contributed by atoms with Crippen LogP contribution in [-0.4, -0.2) is 35.0 Å². The van der Waals surface area contributed by atoms with Crippen LogP contribution in [0.25, 0.3) is 0 Å². The molecule has 134 valence electrons. The van der Waals surface area contributed by atoms with Gasteiger partial charge in [-0.25, -0.2) is 0 Å². The van der Waals surface area contributed by atoms with Crippen LogP contribution in [0.4, 0.5) is 5.69 Å². The molecule has 1 atom stereocenters. The second-order valence-corrected chi connectivity index (χ2v) is 7.29. The van der Waals surface area contributed by atoms with Gasteiger partial charge in [-0.05, 0) is 31.9 Å². The third-order valence-electron chi connectivity index (χ3n) is 5.28. The molecule has 0 spiro atoms. The first kappa shape index (κ1) is 17.5. The topological polar surface area (TPSA) is 86.7 Å². The number of rotatable bonds is 5. The molecule has 3 rings (SSSR count). The number of carboxylic acid groups (broad SMARTS) is 1. The molecule has 1 aromatic carbocycles. The largest absolute Gasteiger partial charge is 0.481 e. The predicted octanol–water partition coefficient (Wildman–Crippen LogP) is 2.25. The van der Waals surface area contributed by atoms with Gasteiger partial charge in [-0.15, -0.1) is 0 Å². The second-order valence-electron chi connectivity index (χ2n) is 7.29. The second kappa shape index (κ2) is 6.86. The molecule has 1 aliphatic carbocycles. The van der Waals surface area contributed by atoms with Gasteiger partial charge in [0.05, 0.1) is 17.9 Å². The zero-order valence-corrected chi connectivity index (χ0v) is 14.5. The molecule has 6 heteroatoms. The summed E-state index contributed by atoms with van der Waals surface area (Å²) in [6.45, 7) is 2.33. The molecule has 1 aromatic rings. The lowest BCUT2D eigenvalue weighted by atomic mass is 9.92. The smallest absolute Gasteiger partial charge is 0.305 e. The molecule has 1 saturated heterocycles. The van der Waals surface area contributed by atoms with Gasteiger partial charge in [-0.1, -0.05) is 30.5 Å². The number of benzene rings is 1. The molecule has 2 fully saturated rings. The maximum absolute atomic E-state index is 12.7. The van der Waals surface area contributed by atoms with Crippen molar-refractivity contribution >= 4 is 23.5 Å². The first-order valence-electron chi connectivity index (χ1n) is 8.79. The number of aryl methyl sites for hydroxylation is 1. The van der Waals surface area contributed by atoms with Gasteiger partial charge in [0.1, 0.15) is 0 Å². The van der Waals surface area contributed by atoms with E-state index in [2.05, 4.69) is 5.32 Å². The number of anilines is 1. The van der Waals surface area contributed by atoms with Crippen LogP contribution in [0.1, 0.15) is 44.1 Å². The summed E-state index contributed by atoms with van der Waals surface area (Å²) in [5.41, 5.74) is 1.26. The molecule has 0 bridgehead atoms. The zero-order valence-electron chi connectivity index (χ0n) is 14.5. The van der Waals surface area contributed by atoms with E-state index >= 15 is 0 Å². The number of aliphatic carboxylic acids is 1. The highest BCUT2D eigenvalue weighted by Gasteiger charge is 2.41. The Hall–Kier alpha value is -2.37. The number of carboxylic acids is 1. The van der Waals surface area contributed by atoms with Gasteiger partial charge >= 0.3 is 5.97 Å². The van der Waals surface area contributed by atoms with Gasteiger partial charge in [-0.2, -0.15) is 0 Å². The Balaban J connectivity index is 1.68. The number of nitrogens with zero attached hydrogens (tertiary/aromatic N) is 1.